The van der Waals surface area contributed by atoms with Crippen molar-refractivity contribution in [2.24, 2.45) is 0 Å². The summed E-state index contributed by atoms with van der Waals surface area (Å²) < 4.78 is 55.2. The van der Waals surface area contributed by atoms with Gasteiger partial charge < -0.3 is 9.66 Å². The van der Waals surface area contributed by atoms with Crippen LogP contribution in [0.4, 0.5) is 17.6 Å². The summed E-state index contributed by atoms with van der Waals surface area (Å²) in [6.45, 7) is 0. The molecule has 0 saturated heterocycles. The average molecular weight is 182 g/mol. The van der Waals surface area contributed by atoms with E-state index in [-0.39, 0.29) is 0 Å². The molecule has 0 heterocycles. The van der Waals surface area contributed by atoms with E-state index < -0.39 is 23.8 Å². The predicted octanol–water partition coefficient (Wildman–Crippen LogP) is 1.30. The standard InChI is InChI=1S/C2H2F4O3S/c3-1(4,7)9-2(5,6)10-8/h7-8H. The zero-order chi connectivity index (χ0) is 8.41. The lowest BCUT2D eigenvalue weighted by Crippen LogP contribution is -2.29. The molecule has 0 aliphatic carbocycles. The molecule has 0 radical (unpaired) electrons. The highest BCUT2D eigenvalue weighted by atomic mass is 32.2. The van der Waals surface area contributed by atoms with E-state index in [0.29, 0.717) is 0 Å². The summed E-state index contributed by atoms with van der Waals surface area (Å²) in [7, 11) is 0. The van der Waals surface area contributed by atoms with Crippen LogP contribution in [0.5, 0.6) is 0 Å². The van der Waals surface area contributed by atoms with Gasteiger partial charge in [0.05, 0.1) is 12.0 Å². The Balaban J connectivity index is 3.89. The van der Waals surface area contributed by atoms with Crippen molar-refractivity contribution in [2.75, 3.05) is 0 Å². The molecule has 0 saturated carbocycles. The van der Waals surface area contributed by atoms with Gasteiger partial charge >= 0.3 is 11.7 Å². The van der Waals surface area contributed by atoms with Gasteiger partial charge in [-0.25, -0.2) is 4.74 Å². The molecule has 0 rings (SSSR count). The van der Waals surface area contributed by atoms with E-state index in [1.54, 1.807) is 0 Å². The van der Waals surface area contributed by atoms with Crippen molar-refractivity contribution in [1.82, 2.24) is 0 Å². The summed E-state index contributed by atoms with van der Waals surface area (Å²) in [6, 6.07) is 0. The van der Waals surface area contributed by atoms with E-state index >= 15 is 0 Å². The number of alkyl halides is 4. The van der Waals surface area contributed by atoms with E-state index in [1.165, 1.54) is 0 Å². The largest absolute Gasteiger partial charge is 0.488 e. The molecule has 0 amide bonds. The van der Waals surface area contributed by atoms with Gasteiger partial charge in [0.15, 0.2) is 0 Å². The first kappa shape index (κ1) is 9.95. The highest BCUT2D eigenvalue weighted by Crippen LogP contribution is 2.32. The molecule has 0 aliphatic heterocycles. The van der Waals surface area contributed by atoms with E-state index in [2.05, 4.69) is 4.74 Å². The Morgan fingerprint density at radius 3 is 1.70 bits per heavy atom. The first-order valence-corrected chi connectivity index (χ1v) is 2.55. The SMILES string of the molecule is OSC(F)(F)OC(O)(F)F. The zero-order valence-electron chi connectivity index (χ0n) is 4.22. The number of rotatable bonds is 3. The van der Waals surface area contributed by atoms with Crippen LogP contribution in [0.15, 0.2) is 0 Å². The molecule has 62 valence electrons. The Morgan fingerprint density at radius 2 is 1.60 bits per heavy atom. The zero-order valence-corrected chi connectivity index (χ0v) is 5.04. The predicted molar refractivity (Wildman–Crippen MR) is 23.4 cm³/mol. The third kappa shape index (κ3) is 4.79. The molecule has 8 heteroatoms. The fourth-order valence-electron chi connectivity index (χ4n) is 0.162. The van der Waals surface area contributed by atoms with Crippen LogP contribution in [0, 0.1) is 0 Å². The van der Waals surface area contributed by atoms with Crippen LogP contribution in [0.25, 0.3) is 0 Å². The number of halogens is 4. The fourth-order valence-corrected chi connectivity index (χ4v) is 0.299. The topological polar surface area (TPSA) is 49.7 Å². The van der Waals surface area contributed by atoms with Crippen molar-refractivity contribution in [3.63, 3.8) is 0 Å². The maximum atomic E-state index is 11.5. The minimum atomic E-state index is -4.95. The maximum Gasteiger partial charge on any atom is 0.488 e. The van der Waals surface area contributed by atoms with Gasteiger partial charge in [-0.15, -0.1) is 8.78 Å². The minimum absolute atomic E-state index is 1.24. The van der Waals surface area contributed by atoms with Crippen LogP contribution < -0.4 is 0 Å². The molecule has 10 heavy (non-hydrogen) atoms. The number of hydrogen-bond donors (Lipinski definition) is 2. The van der Waals surface area contributed by atoms with Crippen molar-refractivity contribution < 1.29 is 32.0 Å². The van der Waals surface area contributed by atoms with Gasteiger partial charge in [0, 0.05) is 0 Å². The Bertz CT molecular complexity index is 112. The van der Waals surface area contributed by atoms with Gasteiger partial charge in [-0.05, 0) is 0 Å². The van der Waals surface area contributed by atoms with Gasteiger partial charge in [0.1, 0.15) is 0 Å². The van der Waals surface area contributed by atoms with Crippen LogP contribution in [0.1, 0.15) is 0 Å². The van der Waals surface area contributed by atoms with E-state index in [1.807, 2.05) is 0 Å². The van der Waals surface area contributed by atoms with Crippen molar-refractivity contribution in [3.05, 3.63) is 0 Å². The molecule has 0 aromatic heterocycles. The second-order valence-corrected chi connectivity index (χ2v) is 1.80. The molecule has 0 bridgehead atoms. The second kappa shape index (κ2) is 2.91. The molecule has 0 spiro atoms. The molecular formula is C2H2F4O3S. The second-order valence-electron chi connectivity index (χ2n) is 1.14. The Hall–Kier alpha value is -0.0500. The highest BCUT2D eigenvalue weighted by Gasteiger charge is 2.44. The summed E-state index contributed by atoms with van der Waals surface area (Å²) in [5.74, 6) is 0. The lowest BCUT2D eigenvalue weighted by atomic mass is 11.2. The summed E-state index contributed by atoms with van der Waals surface area (Å²) in [5.41, 5.74) is -4.50. The van der Waals surface area contributed by atoms with Gasteiger partial charge in [0.25, 0.3) is 0 Å². The molecule has 0 fully saturated rings. The van der Waals surface area contributed by atoms with E-state index in [9.17, 15) is 17.6 Å². The lowest BCUT2D eigenvalue weighted by Gasteiger charge is -2.15. The average Bonchev–Trinajstić information content (AvgIpc) is 1.60. The molecule has 2 N–H and O–H groups in total. The minimum Gasteiger partial charge on any atom is -0.323 e. The normalized spacial score (nSPS) is 13.8. The Morgan fingerprint density at radius 1 is 1.20 bits per heavy atom. The fraction of sp³-hybridized carbons (Fsp3) is 1.00. The number of aliphatic hydroxyl groups is 1. The summed E-state index contributed by atoms with van der Waals surface area (Å²) in [4.78, 5) is 0. The molecule has 0 atom stereocenters. The molecule has 0 unspecified atom stereocenters. The van der Waals surface area contributed by atoms with Crippen molar-refractivity contribution in [1.29, 1.82) is 0 Å². The van der Waals surface area contributed by atoms with E-state index in [0.717, 1.165) is 0 Å². The Labute approximate surface area is 56.8 Å². The first-order chi connectivity index (χ1) is 4.27. The van der Waals surface area contributed by atoms with Gasteiger partial charge in [0.2, 0.25) is 0 Å². The molecule has 3 nitrogen and oxygen atoms in total. The summed E-state index contributed by atoms with van der Waals surface area (Å²) in [5, 5.41) is 7.32. The first-order valence-electron chi connectivity index (χ1n) is 1.77. The van der Waals surface area contributed by atoms with Crippen molar-refractivity contribution in [2.45, 2.75) is 11.7 Å². The monoisotopic (exact) mass is 182 g/mol. The van der Waals surface area contributed by atoms with Gasteiger partial charge in [-0.2, -0.15) is 8.78 Å². The third-order valence-electron chi connectivity index (χ3n) is 0.348. The Kier molecular flexibility index (Phi) is 2.89. The van der Waals surface area contributed by atoms with E-state index in [4.69, 9.17) is 9.66 Å². The molecule has 0 aromatic rings. The van der Waals surface area contributed by atoms with Crippen molar-refractivity contribution in [3.8, 4) is 0 Å². The van der Waals surface area contributed by atoms with Crippen LogP contribution >= 0.6 is 12.0 Å². The molecule has 0 aliphatic rings. The number of ether oxygens (including phenoxy) is 1. The van der Waals surface area contributed by atoms with Crippen LogP contribution in [-0.2, 0) is 4.74 Å². The molecule has 0 aromatic carbocycles. The highest BCUT2D eigenvalue weighted by molar-refractivity contribution is 7.94. The third-order valence-corrected chi connectivity index (χ3v) is 0.644. The summed E-state index contributed by atoms with van der Waals surface area (Å²) >= 11 is -1.24. The van der Waals surface area contributed by atoms with Crippen molar-refractivity contribution >= 4 is 12.0 Å². The molecular weight excluding hydrogens is 180 g/mol. The maximum absolute atomic E-state index is 11.5. The van der Waals surface area contributed by atoms with Crippen LogP contribution in [0.3, 0.4) is 0 Å². The van der Waals surface area contributed by atoms with Gasteiger partial charge in [-0.3, -0.25) is 0 Å². The van der Waals surface area contributed by atoms with Gasteiger partial charge in [-0.1, -0.05) is 0 Å². The van der Waals surface area contributed by atoms with Crippen LogP contribution in [-0.4, -0.2) is 21.4 Å². The van der Waals surface area contributed by atoms with Crippen LogP contribution in [0.2, 0.25) is 0 Å². The lowest BCUT2D eigenvalue weighted by molar-refractivity contribution is -0.429. The number of hydrogen-bond acceptors (Lipinski definition) is 4. The quantitative estimate of drug-likeness (QED) is 0.392. The summed E-state index contributed by atoms with van der Waals surface area (Å²) in [6.07, 6.45) is -4.95. The smallest absolute Gasteiger partial charge is 0.323 e.